The summed E-state index contributed by atoms with van der Waals surface area (Å²) in [6.45, 7) is 2.59. The summed E-state index contributed by atoms with van der Waals surface area (Å²) in [5.41, 5.74) is 1.45. The van der Waals surface area contributed by atoms with Crippen molar-refractivity contribution in [3.8, 4) is 0 Å². The number of hydrogen-bond donors (Lipinski definition) is 0. The Hall–Kier alpha value is -0.860. The zero-order valence-corrected chi connectivity index (χ0v) is 10.4. The first-order valence-electron chi connectivity index (χ1n) is 6.68. The van der Waals surface area contributed by atoms with Crippen LogP contribution < -0.4 is 0 Å². The minimum absolute atomic E-state index is 0.410. The zero-order chi connectivity index (χ0) is 11.8. The number of ether oxygens (including phenoxy) is 2. The van der Waals surface area contributed by atoms with Gasteiger partial charge in [-0.25, -0.2) is 0 Å². The number of rotatable bonds is 9. The van der Waals surface area contributed by atoms with E-state index in [4.69, 9.17) is 9.47 Å². The topological polar surface area (TPSA) is 21.8 Å². The first-order valence-corrected chi connectivity index (χ1v) is 6.68. The normalized spacial score (nSPS) is 18.2. The lowest BCUT2D eigenvalue weighted by molar-refractivity contribution is 0.113. The molecule has 0 bridgehead atoms. The van der Waals surface area contributed by atoms with Gasteiger partial charge in [0, 0.05) is 6.61 Å². The summed E-state index contributed by atoms with van der Waals surface area (Å²) >= 11 is 0. The van der Waals surface area contributed by atoms with E-state index in [1.165, 1.54) is 37.7 Å². The van der Waals surface area contributed by atoms with Crippen LogP contribution in [0.15, 0.2) is 30.3 Å². The number of benzene rings is 1. The molecule has 2 rings (SSSR count). The summed E-state index contributed by atoms with van der Waals surface area (Å²) in [5, 5.41) is 0. The Bertz CT molecular complexity index is 293. The molecule has 1 atom stereocenters. The molecule has 1 aromatic carbocycles. The molecule has 0 N–H and O–H groups in total. The maximum Gasteiger partial charge on any atom is 0.104 e. The smallest absolute Gasteiger partial charge is 0.104 e. The molecule has 1 aliphatic rings. The highest BCUT2D eigenvalue weighted by atomic mass is 16.6. The molecule has 94 valence electrons. The summed E-state index contributed by atoms with van der Waals surface area (Å²) in [6.07, 6.45) is 6.67. The van der Waals surface area contributed by atoms with E-state index in [2.05, 4.69) is 30.3 Å². The third-order valence-electron chi connectivity index (χ3n) is 3.05. The fourth-order valence-electron chi connectivity index (χ4n) is 1.91. The van der Waals surface area contributed by atoms with Crippen molar-refractivity contribution >= 4 is 0 Å². The van der Waals surface area contributed by atoms with Crippen molar-refractivity contribution in [2.45, 2.75) is 38.2 Å². The fraction of sp³-hybridized carbons (Fsp3) is 0.600. The third-order valence-corrected chi connectivity index (χ3v) is 3.05. The number of hydrogen-bond acceptors (Lipinski definition) is 2. The molecule has 1 heterocycles. The summed E-state index contributed by atoms with van der Waals surface area (Å²) in [6, 6.07) is 10.7. The van der Waals surface area contributed by atoms with Crippen molar-refractivity contribution in [3.05, 3.63) is 35.9 Å². The molecule has 0 aliphatic carbocycles. The standard InChI is InChI=1S/C15H22O2/c1(2-7-11-16-12-15-13-17-15)4-8-14-9-5-3-6-10-14/h3,5-6,9-10,15H,1-2,4,7-8,11-13H2. The van der Waals surface area contributed by atoms with Crippen LogP contribution >= 0.6 is 0 Å². The first kappa shape index (κ1) is 12.6. The highest BCUT2D eigenvalue weighted by molar-refractivity contribution is 5.14. The Labute approximate surface area is 104 Å². The van der Waals surface area contributed by atoms with Gasteiger partial charge in [0.15, 0.2) is 0 Å². The van der Waals surface area contributed by atoms with Crippen LogP contribution in [0.5, 0.6) is 0 Å². The van der Waals surface area contributed by atoms with E-state index in [1.54, 1.807) is 0 Å². The Morgan fingerprint density at radius 2 is 1.82 bits per heavy atom. The van der Waals surface area contributed by atoms with E-state index in [1.807, 2.05) is 0 Å². The fourth-order valence-corrected chi connectivity index (χ4v) is 1.91. The maximum atomic E-state index is 5.50. The minimum atomic E-state index is 0.410. The van der Waals surface area contributed by atoms with Crippen molar-refractivity contribution in [1.82, 2.24) is 0 Å². The Balaban J connectivity index is 1.38. The molecule has 1 aromatic rings. The van der Waals surface area contributed by atoms with Crippen molar-refractivity contribution in [3.63, 3.8) is 0 Å². The van der Waals surface area contributed by atoms with Gasteiger partial charge in [0.05, 0.1) is 13.2 Å². The molecule has 0 aromatic heterocycles. The van der Waals surface area contributed by atoms with Gasteiger partial charge in [-0.3, -0.25) is 0 Å². The van der Waals surface area contributed by atoms with E-state index >= 15 is 0 Å². The lowest BCUT2D eigenvalue weighted by atomic mass is 10.1. The van der Waals surface area contributed by atoms with Crippen LogP contribution in [-0.4, -0.2) is 25.9 Å². The molecule has 1 aliphatic heterocycles. The maximum absolute atomic E-state index is 5.50. The van der Waals surface area contributed by atoms with Crippen molar-refractivity contribution in [2.24, 2.45) is 0 Å². The van der Waals surface area contributed by atoms with Gasteiger partial charge < -0.3 is 9.47 Å². The second-order valence-corrected chi connectivity index (χ2v) is 4.68. The molecule has 1 fully saturated rings. The van der Waals surface area contributed by atoms with Crippen LogP contribution in [0.1, 0.15) is 31.2 Å². The van der Waals surface area contributed by atoms with Crippen molar-refractivity contribution in [2.75, 3.05) is 19.8 Å². The predicted molar refractivity (Wildman–Crippen MR) is 69.2 cm³/mol. The van der Waals surface area contributed by atoms with Crippen LogP contribution in [0.25, 0.3) is 0 Å². The minimum Gasteiger partial charge on any atom is -0.379 e. The Kier molecular flexibility index (Phi) is 5.53. The third kappa shape index (κ3) is 5.85. The SMILES string of the molecule is c1ccc(CCCCCCOCC2CO2)cc1. The quantitative estimate of drug-likeness (QED) is 0.483. The number of aryl methyl sites for hydroxylation is 1. The van der Waals surface area contributed by atoms with E-state index in [0.717, 1.165) is 19.8 Å². The lowest BCUT2D eigenvalue weighted by Crippen LogP contribution is -2.02. The number of epoxide rings is 1. The van der Waals surface area contributed by atoms with Gasteiger partial charge in [-0.2, -0.15) is 0 Å². The molecule has 0 spiro atoms. The van der Waals surface area contributed by atoms with Gasteiger partial charge in [-0.05, 0) is 24.8 Å². The monoisotopic (exact) mass is 234 g/mol. The first-order chi connectivity index (χ1) is 8.45. The second kappa shape index (κ2) is 7.46. The van der Waals surface area contributed by atoms with Gasteiger partial charge in [-0.1, -0.05) is 43.2 Å². The van der Waals surface area contributed by atoms with Gasteiger partial charge in [0.25, 0.3) is 0 Å². The summed E-state index contributed by atoms with van der Waals surface area (Å²) in [4.78, 5) is 0. The zero-order valence-electron chi connectivity index (χ0n) is 10.4. The predicted octanol–water partition coefficient (Wildman–Crippen LogP) is 3.20. The molecule has 0 radical (unpaired) electrons. The highest BCUT2D eigenvalue weighted by Gasteiger charge is 2.21. The van der Waals surface area contributed by atoms with Crippen molar-refractivity contribution in [1.29, 1.82) is 0 Å². The molecule has 2 nitrogen and oxygen atoms in total. The Morgan fingerprint density at radius 1 is 1.06 bits per heavy atom. The summed E-state index contributed by atoms with van der Waals surface area (Å²) in [5.74, 6) is 0. The number of unbranched alkanes of at least 4 members (excludes halogenated alkanes) is 3. The molecular formula is C15H22O2. The van der Waals surface area contributed by atoms with E-state index in [-0.39, 0.29) is 0 Å². The van der Waals surface area contributed by atoms with Crippen LogP contribution in [0, 0.1) is 0 Å². The molecule has 0 amide bonds. The molecule has 2 heteroatoms. The van der Waals surface area contributed by atoms with Gasteiger partial charge in [0.2, 0.25) is 0 Å². The second-order valence-electron chi connectivity index (χ2n) is 4.68. The largest absolute Gasteiger partial charge is 0.379 e. The summed E-state index contributed by atoms with van der Waals surface area (Å²) < 4.78 is 10.6. The van der Waals surface area contributed by atoms with E-state index in [9.17, 15) is 0 Å². The molecule has 1 unspecified atom stereocenters. The molecule has 0 saturated carbocycles. The lowest BCUT2D eigenvalue weighted by Gasteiger charge is -2.03. The molecular weight excluding hydrogens is 212 g/mol. The molecule has 1 saturated heterocycles. The highest BCUT2D eigenvalue weighted by Crippen LogP contribution is 2.10. The van der Waals surface area contributed by atoms with Crippen molar-refractivity contribution < 1.29 is 9.47 Å². The van der Waals surface area contributed by atoms with E-state index in [0.29, 0.717) is 6.10 Å². The van der Waals surface area contributed by atoms with Crippen LogP contribution in [-0.2, 0) is 15.9 Å². The van der Waals surface area contributed by atoms with Crippen LogP contribution in [0.4, 0.5) is 0 Å². The molecule has 17 heavy (non-hydrogen) atoms. The Morgan fingerprint density at radius 3 is 2.59 bits per heavy atom. The van der Waals surface area contributed by atoms with Crippen LogP contribution in [0.3, 0.4) is 0 Å². The average Bonchev–Trinajstić information content (AvgIpc) is 3.18. The van der Waals surface area contributed by atoms with Gasteiger partial charge >= 0.3 is 0 Å². The van der Waals surface area contributed by atoms with E-state index < -0.39 is 0 Å². The van der Waals surface area contributed by atoms with Gasteiger partial charge in [0.1, 0.15) is 6.10 Å². The van der Waals surface area contributed by atoms with Crippen LogP contribution in [0.2, 0.25) is 0 Å². The average molecular weight is 234 g/mol. The van der Waals surface area contributed by atoms with Gasteiger partial charge in [-0.15, -0.1) is 0 Å². The summed E-state index contributed by atoms with van der Waals surface area (Å²) in [7, 11) is 0.